The van der Waals surface area contributed by atoms with Gasteiger partial charge in [-0.2, -0.15) is 0 Å². The number of carbonyl (C=O) groups excluding carboxylic acids is 1. The third-order valence-corrected chi connectivity index (χ3v) is 4.53. The van der Waals surface area contributed by atoms with E-state index in [-0.39, 0.29) is 23.5 Å². The number of anilines is 1. The van der Waals surface area contributed by atoms with E-state index in [1.165, 1.54) is 12.3 Å². The molecule has 0 atom stereocenters. The molecule has 0 aliphatic rings. The van der Waals surface area contributed by atoms with Crippen LogP contribution in [-0.2, 0) is 13.0 Å². The van der Waals surface area contributed by atoms with Crippen molar-refractivity contribution in [2.75, 3.05) is 12.3 Å². The highest BCUT2D eigenvalue weighted by molar-refractivity contribution is 6.02. The summed E-state index contributed by atoms with van der Waals surface area (Å²) in [6.45, 7) is 2.28. The third kappa shape index (κ3) is 3.54. The molecule has 0 aliphatic heterocycles. The highest BCUT2D eigenvalue weighted by Gasteiger charge is 2.24. The lowest BCUT2D eigenvalue weighted by Gasteiger charge is -2.18. The summed E-state index contributed by atoms with van der Waals surface area (Å²) >= 11 is 0. The molecule has 0 bridgehead atoms. The van der Waals surface area contributed by atoms with Crippen LogP contribution in [-0.4, -0.2) is 27.2 Å². The van der Waals surface area contributed by atoms with E-state index >= 15 is 0 Å². The number of primary amides is 1. The molecule has 8 nitrogen and oxygen atoms in total. The van der Waals surface area contributed by atoms with E-state index in [2.05, 4.69) is 4.98 Å². The lowest BCUT2D eigenvalue weighted by molar-refractivity contribution is 0.1000. The van der Waals surface area contributed by atoms with Crippen LogP contribution in [0.5, 0.6) is 0 Å². The fraction of sp³-hybridized carbons (Fsp3) is 0.250. The molecule has 0 unspecified atom stereocenters. The molecule has 0 aromatic carbocycles. The predicted octanol–water partition coefficient (Wildman–Crippen LogP) is 1.80. The number of aryl methyl sites for hydroxylation is 1. The molecule has 3 aromatic rings. The van der Waals surface area contributed by atoms with Gasteiger partial charge in [-0.05, 0) is 43.5 Å². The van der Waals surface area contributed by atoms with Gasteiger partial charge in [0.05, 0.1) is 11.8 Å². The summed E-state index contributed by atoms with van der Waals surface area (Å²) < 4.78 is 7.08. The van der Waals surface area contributed by atoms with Gasteiger partial charge in [-0.15, -0.1) is 0 Å². The van der Waals surface area contributed by atoms with Gasteiger partial charge in [-0.3, -0.25) is 9.59 Å². The Balaban J connectivity index is 2.40. The number of aromatic nitrogens is 2. The van der Waals surface area contributed by atoms with E-state index in [0.717, 1.165) is 0 Å². The average Bonchev–Trinajstić information content (AvgIpc) is 3.20. The summed E-state index contributed by atoms with van der Waals surface area (Å²) in [6.07, 6.45) is 3.98. The Morgan fingerprint density at radius 2 is 2.11 bits per heavy atom. The Morgan fingerprint density at radius 1 is 1.32 bits per heavy atom. The van der Waals surface area contributed by atoms with Crippen molar-refractivity contribution >= 4 is 11.7 Å². The van der Waals surface area contributed by atoms with Crippen LogP contribution < -0.4 is 17.0 Å². The van der Waals surface area contributed by atoms with Gasteiger partial charge in [0.2, 0.25) is 0 Å². The van der Waals surface area contributed by atoms with Crippen molar-refractivity contribution in [2.45, 2.75) is 26.3 Å². The second-order valence-electron chi connectivity index (χ2n) is 6.28. The van der Waals surface area contributed by atoms with Crippen molar-refractivity contribution in [2.24, 2.45) is 5.73 Å². The van der Waals surface area contributed by atoms with Gasteiger partial charge in [-0.25, -0.2) is 4.98 Å². The molecule has 8 heteroatoms. The predicted molar refractivity (Wildman–Crippen MR) is 106 cm³/mol. The van der Waals surface area contributed by atoms with Crippen molar-refractivity contribution in [1.29, 1.82) is 0 Å². The van der Waals surface area contributed by atoms with E-state index in [4.69, 9.17) is 15.9 Å². The third-order valence-electron chi connectivity index (χ3n) is 4.53. The summed E-state index contributed by atoms with van der Waals surface area (Å²) in [6, 6.07) is 6.59. The molecule has 3 rings (SSSR count). The van der Waals surface area contributed by atoms with Crippen LogP contribution in [0.2, 0.25) is 0 Å². The SMILES string of the molecule is CCn1cc(-c2c(-c3ccco3)nc(N)c(C(N)=O)c2CCCO)ccc1=O. The van der Waals surface area contributed by atoms with Gasteiger partial charge in [0.15, 0.2) is 5.76 Å². The number of pyridine rings is 2. The Morgan fingerprint density at radius 3 is 2.71 bits per heavy atom. The molecule has 0 saturated carbocycles. The molecule has 146 valence electrons. The minimum atomic E-state index is -0.700. The van der Waals surface area contributed by atoms with Crippen molar-refractivity contribution in [3.05, 3.63) is 58.2 Å². The van der Waals surface area contributed by atoms with E-state index in [9.17, 15) is 14.7 Å². The molecule has 1 amide bonds. The van der Waals surface area contributed by atoms with Crippen LogP contribution in [0.1, 0.15) is 29.3 Å². The molecule has 0 fully saturated rings. The van der Waals surface area contributed by atoms with E-state index in [0.29, 0.717) is 47.5 Å². The van der Waals surface area contributed by atoms with Crippen molar-refractivity contribution in [3.8, 4) is 22.6 Å². The fourth-order valence-electron chi connectivity index (χ4n) is 3.26. The zero-order valence-electron chi connectivity index (χ0n) is 15.5. The number of nitrogen functional groups attached to an aromatic ring is 1. The first-order valence-corrected chi connectivity index (χ1v) is 8.95. The van der Waals surface area contributed by atoms with Crippen LogP contribution >= 0.6 is 0 Å². The maximum atomic E-state index is 12.1. The summed E-state index contributed by atoms with van der Waals surface area (Å²) in [7, 11) is 0. The molecule has 28 heavy (non-hydrogen) atoms. The summed E-state index contributed by atoms with van der Waals surface area (Å²) in [5, 5.41) is 9.33. The second kappa shape index (κ2) is 8.10. The standard InChI is InChI=1S/C20H22N4O4/c1-2-24-11-12(7-8-15(24)26)16-13(5-3-9-25)17(20(22)27)19(21)23-18(16)14-6-4-10-28-14/h4,6-8,10-11,25H,2-3,5,9H2,1H3,(H2,21,23)(H2,22,27). The summed E-state index contributed by atoms with van der Waals surface area (Å²) in [4.78, 5) is 28.6. The summed E-state index contributed by atoms with van der Waals surface area (Å²) in [5.74, 6) is -0.231. The normalized spacial score (nSPS) is 10.9. The molecule has 3 heterocycles. The maximum absolute atomic E-state index is 12.1. The number of hydrogen-bond donors (Lipinski definition) is 3. The molecular formula is C20H22N4O4. The van der Waals surface area contributed by atoms with Gasteiger partial charge in [0.1, 0.15) is 11.5 Å². The summed E-state index contributed by atoms with van der Waals surface area (Å²) in [5.41, 5.74) is 13.9. The number of aliphatic hydroxyl groups excluding tert-OH is 1. The number of aliphatic hydroxyl groups is 1. The maximum Gasteiger partial charge on any atom is 0.252 e. The minimum absolute atomic E-state index is 0.000553. The molecule has 0 aliphatic carbocycles. The molecule has 5 N–H and O–H groups in total. The zero-order chi connectivity index (χ0) is 20.3. The highest BCUT2D eigenvalue weighted by Crippen LogP contribution is 2.37. The van der Waals surface area contributed by atoms with Crippen molar-refractivity contribution in [1.82, 2.24) is 9.55 Å². The molecule has 0 radical (unpaired) electrons. The van der Waals surface area contributed by atoms with Crippen LogP contribution in [0.3, 0.4) is 0 Å². The van der Waals surface area contributed by atoms with Crippen LogP contribution in [0, 0.1) is 0 Å². The molecule has 0 spiro atoms. The second-order valence-corrected chi connectivity index (χ2v) is 6.28. The van der Waals surface area contributed by atoms with Gasteiger partial charge in [0.25, 0.3) is 11.5 Å². The number of nitrogens with zero attached hydrogens (tertiary/aromatic N) is 2. The Hall–Kier alpha value is -3.39. The number of furan rings is 1. The minimum Gasteiger partial charge on any atom is -0.463 e. The topological polar surface area (TPSA) is 137 Å². The number of rotatable bonds is 7. The first-order valence-electron chi connectivity index (χ1n) is 8.95. The highest BCUT2D eigenvalue weighted by atomic mass is 16.3. The zero-order valence-corrected chi connectivity index (χ0v) is 15.5. The van der Waals surface area contributed by atoms with E-state index in [1.807, 2.05) is 6.92 Å². The van der Waals surface area contributed by atoms with Crippen LogP contribution in [0.25, 0.3) is 22.6 Å². The monoisotopic (exact) mass is 382 g/mol. The van der Waals surface area contributed by atoms with Crippen molar-refractivity contribution in [3.63, 3.8) is 0 Å². The first kappa shape index (κ1) is 19.4. The molecule has 3 aromatic heterocycles. The van der Waals surface area contributed by atoms with Gasteiger partial charge < -0.3 is 25.6 Å². The Kier molecular flexibility index (Phi) is 5.60. The molecular weight excluding hydrogens is 360 g/mol. The van der Waals surface area contributed by atoms with Crippen molar-refractivity contribution < 1.29 is 14.3 Å². The largest absolute Gasteiger partial charge is 0.463 e. The van der Waals surface area contributed by atoms with Crippen LogP contribution in [0.4, 0.5) is 5.82 Å². The Bertz CT molecular complexity index is 1050. The average molecular weight is 382 g/mol. The fourth-order valence-corrected chi connectivity index (χ4v) is 3.26. The van der Waals surface area contributed by atoms with Gasteiger partial charge in [0, 0.05) is 36.5 Å². The first-order chi connectivity index (χ1) is 13.5. The van der Waals surface area contributed by atoms with Gasteiger partial charge in [-0.1, -0.05) is 0 Å². The van der Waals surface area contributed by atoms with Gasteiger partial charge >= 0.3 is 0 Å². The Labute approximate surface area is 161 Å². The lowest BCUT2D eigenvalue weighted by atomic mass is 9.91. The number of carbonyl (C=O) groups is 1. The smallest absolute Gasteiger partial charge is 0.252 e. The van der Waals surface area contributed by atoms with E-state index in [1.54, 1.807) is 29.0 Å². The quantitative estimate of drug-likeness (QED) is 0.570. The number of hydrogen-bond acceptors (Lipinski definition) is 6. The lowest BCUT2D eigenvalue weighted by Crippen LogP contribution is -2.20. The van der Waals surface area contributed by atoms with Crippen LogP contribution in [0.15, 0.2) is 45.9 Å². The number of amides is 1. The number of nitrogens with two attached hydrogens (primary N) is 2. The molecule has 0 saturated heterocycles. The van der Waals surface area contributed by atoms with E-state index < -0.39 is 5.91 Å².